The zero-order valence-corrected chi connectivity index (χ0v) is 16.1. The molecule has 0 fully saturated rings. The average molecular weight is 357 g/mol. The van der Waals surface area contributed by atoms with E-state index in [0.717, 1.165) is 31.1 Å². The second-order valence-electron chi connectivity index (χ2n) is 6.90. The molecule has 0 spiro atoms. The Balaban J connectivity index is 2.15. The lowest BCUT2D eigenvalue weighted by atomic mass is 10.1. The number of rotatable bonds is 11. The summed E-state index contributed by atoms with van der Waals surface area (Å²) in [5.74, 6) is -0.197. The van der Waals surface area contributed by atoms with Gasteiger partial charge in [0.1, 0.15) is 11.1 Å². The van der Waals surface area contributed by atoms with Crippen molar-refractivity contribution in [1.82, 2.24) is 4.90 Å². The summed E-state index contributed by atoms with van der Waals surface area (Å²) >= 11 is 0. The van der Waals surface area contributed by atoms with Crippen molar-refractivity contribution in [3.63, 3.8) is 0 Å². The first kappa shape index (κ1) is 20.2. The summed E-state index contributed by atoms with van der Waals surface area (Å²) in [7, 11) is 0. The van der Waals surface area contributed by atoms with Crippen LogP contribution in [-0.2, 0) is 0 Å². The summed E-state index contributed by atoms with van der Waals surface area (Å²) in [6.45, 7) is 5.76. The van der Waals surface area contributed by atoms with Gasteiger partial charge in [0, 0.05) is 18.5 Å². The van der Waals surface area contributed by atoms with Crippen LogP contribution in [0, 0.1) is 0 Å². The van der Waals surface area contributed by atoms with Crippen LogP contribution in [0.5, 0.6) is 0 Å². The monoisotopic (exact) mass is 357 g/mol. The third-order valence-corrected chi connectivity index (χ3v) is 4.72. The fourth-order valence-corrected chi connectivity index (χ4v) is 3.16. The molecule has 1 aromatic heterocycles. The Hall–Kier alpha value is -2.10. The predicted molar refractivity (Wildman–Crippen MR) is 107 cm³/mol. The summed E-state index contributed by atoms with van der Waals surface area (Å²) in [6.07, 6.45) is 8.87. The van der Waals surface area contributed by atoms with Crippen molar-refractivity contribution in [2.24, 2.45) is 0 Å². The highest BCUT2D eigenvalue weighted by molar-refractivity contribution is 5.96. The first-order chi connectivity index (χ1) is 12.7. The van der Waals surface area contributed by atoms with E-state index < -0.39 is 5.63 Å². The van der Waals surface area contributed by atoms with E-state index in [0.29, 0.717) is 18.7 Å². The number of carbonyl (C=O) groups is 1. The largest absolute Gasteiger partial charge is 0.422 e. The summed E-state index contributed by atoms with van der Waals surface area (Å²) in [5, 5.41) is 0.785. The Labute approximate surface area is 156 Å². The van der Waals surface area contributed by atoms with Crippen LogP contribution in [0.15, 0.2) is 39.5 Å². The Bertz CT molecular complexity index is 738. The van der Waals surface area contributed by atoms with E-state index >= 15 is 0 Å². The van der Waals surface area contributed by atoms with Crippen LogP contribution in [0.4, 0.5) is 0 Å². The minimum Gasteiger partial charge on any atom is -0.422 e. The third-order valence-electron chi connectivity index (χ3n) is 4.72. The molecule has 0 saturated carbocycles. The summed E-state index contributed by atoms with van der Waals surface area (Å²) < 4.78 is 5.35. The van der Waals surface area contributed by atoms with Crippen LogP contribution in [0.1, 0.15) is 75.6 Å². The van der Waals surface area contributed by atoms with Gasteiger partial charge < -0.3 is 9.32 Å². The normalized spacial score (nSPS) is 11.0. The highest BCUT2D eigenvalue weighted by atomic mass is 16.4. The van der Waals surface area contributed by atoms with Gasteiger partial charge in [-0.25, -0.2) is 4.79 Å². The topological polar surface area (TPSA) is 50.5 Å². The summed E-state index contributed by atoms with van der Waals surface area (Å²) in [5.41, 5.74) is 0.127. The molecule has 26 heavy (non-hydrogen) atoms. The van der Waals surface area contributed by atoms with Crippen molar-refractivity contribution >= 4 is 16.9 Å². The number of fused-ring (bicyclic) bond motifs is 1. The molecule has 1 amide bonds. The molecule has 0 unspecified atom stereocenters. The van der Waals surface area contributed by atoms with E-state index in [-0.39, 0.29) is 11.5 Å². The molecule has 0 radical (unpaired) electrons. The smallest absolute Gasteiger partial charge is 0.349 e. The number of hydrogen-bond acceptors (Lipinski definition) is 3. The molecule has 0 bridgehead atoms. The number of benzene rings is 1. The number of nitrogens with zero attached hydrogens (tertiary/aromatic N) is 1. The zero-order chi connectivity index (χ0) is 18.8. The Morgan fingerprint density at radius 2 is 1.54 bits per heavy atom. The van der Waals surface area contributed by atoms with Gasteiger partial charge in [-0.3, -0.25) is 4.79 Å². The Morgan fingerprint density at radius 1 is 0.923 bits per heavy atom. The molecule has 0 atom stereocenters. The van der Waals surface area contributed by atoms with Crippen molar-refractivity contribution in [1.29, 1.82) is 0 Å². The molecular formula is C22H31NO3. The van der Waals surface area contributed by atoms with Gasteiger partial charge in [0.05, 0.1) is 0 Å². The van der Waals surface area contributed by atoms with Gasteiger partial charge in [-0.1, -0.05) is 70.6 Å². The fraction of sp³-hybridized carbons (Fsp3) is 0.545. The molecular weight excluding hydrogens is 326 g/mol. The van der Waals surface area contributed by atoms with Crippen LogP contribution in [0.2, 0.25) is 0 Å². The van der Waals surface area contributed by atoms with Crippen molar-refractivity contribution in [2.75, 3.05) is 13.1 Å². The Kier molecular flexibility index (Phi) is 8.39. The van der Waals surface area contributed by atoms with Gasteiger partial charge in [-0.05, 0) is 25.0 Å². The van der Waals surface area contributed by atoms with E-state index in [1.165, 1.54) is 25.7 Å². The first-order valence-corrected chi connectivity index (χ1v) is 9.99. The molecule has 0 aliphatic carbocycles. The van der Waals surface area contributed by atoms with Gasteiger partial charge in [0.25, 0.3) is 5.91 Å². The van der Waals surface area contributed by atoms with E-state index in [1.54, 1.807) is 12.1 Å². The molecule has 0 saturated heterocycles. The fourth-order valence-electron chi connectivity index (χ4n) is 3.16. The van der Waals surface area contributed by atoms with Gasteiger partial charge in [-0.2, -0.15) is 0 Å². The van der Waals surface area contributed by atoms with Gasteiger partial charge in [0.2, 0.25) is 0 Å². The molecule has 2 rings (SSSR count). The molecule has 4 heteroatoms. The summed E-state index contributed by atoms with van der Waals surface area (Å²) in [4.78, 5) is 27.2. The predicted octanol–water partition coefficient (Wildman–Crippen LogP) is 5.40. The number of amides is 1. The van der Waals surface area contributed by atoms with E-state index in [2.05, 4.69) is 13.8 Å². The zero-order valence-electron chi connectivity index (χ0n) is 16.1. The summed E-state index contributed by atoms with van der Waals surface area (Å²) in [6, 6.07) is 8.99. The molecule has 142 valence electrons. The standard InChI is InChI=1S/C22H31NO3/c1-3-5-7-11-15-23(16-12-8-6-4-2)21(24)19-17-18-13-9-10-14-20(18)26-22(19)25/h9-10,13-14,17H,3-8,11-12,15-16H2,1-2H3. The van der Waals surface area contributed by atoms with Crippen LogP contribution in [0.3, 0.4) is 0 Å². The van der Waals surface area contributed by atoms with Crippen LogP contribution in [-0.4, -0.2) is 23.9 Å². The second-order valence-corrected chi connectivity index (χ2v) is 6.90. The van der Waals surface area contributed by atoms with Crippen LogP contribution < -0.4 is 5.63 Å². The van der Waals surface area contributed by atoms with Crippen molar-refractivity contribution < 1.29 is 9.21 Å². The number of carbonyl (C=O) groups excluding carboxylic acids is 1. The average Bonchev–Trinajstić information content (AvgIpc) is 2.65. The van der Waals surface area contributed by atoms with Crippen LogP contribution in [0.25, 0.3) is 11.0 Å². The first-order valence-electron chi connectivity index (χ1n) is 9.99. The maximum absolute atomic E-state index is 13.0. The maximum atomic E-state index is 13.0. The van der Waals surface area contributed by atoms with Gasteiger partial charge in [0.15, 0.2) is 0 Å². The maximum Gasteiger partial charge on any atom is 0.349 e. The highest BCUT2D eigenvalue weighted by Crippen LogP contribution is 2.15. The van der Waals surface area contributed by atoms with E-state index in [4.69, 9.17) is 4.42 Å². The lowest BCUT2D eigenvalue weighted by molar-refractivity contribution is 0.0745. The molecule has 1 heterocycles. The SMILES string of the molecule is CCCCCCN(CCCCCC)C(=O)c1cc2ccccc2oc1=O. The van der Waals surface area contributed by atoms with E-state index in [1.807, 2.05) is 23.1 Å². The third kappa shape index (κ3) is 5.72. The minimum atomic E-state index is -0.541. The second kappa shape index (κ2) is 10.8. The minimum absolute atomic E-state index is 0.148. The highest BCUT2D eigenvalue weighted by Gasteiger charge is 2.20. The molecule has 0 aliphatic rings. The molecule has 1 aromatic carbocycles. The number of unbranched alkanes of at least 4 members (excludes halogenated alkanes) is 6. The Morgan fingerprint density at radius 3 is 2.15 bits per heavy atom. The number of para-hydroxylation sites is 1. The van der Waals surface area contributed by atoms with Gasteiger partial charge in [-0.15, -0.1) is 0 Å². The van der Waals surface area contributed by atoms with Crippen LogP contribution >= 0.6 is 0 Å². The quantitative estimate of drug-likeness (QED) is 0.400. The molecule has 0 aliphatic heterocycles. The van der Waals surface area contributed by atoms with Crippen molar-refractivity contribution in [3.8, 4) is 0 Å². The molecule has 2 aromatic rings. The lowest BCUT2D eigenvalue weighted by Gasteiger charge is -2.22. The van der Waals surface area contributed by atoms with Crippen molar-refractivity contribution in [3.05, 3.63) is 46.3 Å². The molecule has 4 nitrogen and oxygen atoms in total. The van der Waals surface area contributed by atoms with Crippen molar-refractivity contribution in [2.45, 2.75) is 65.2 Å². The molecule has 0 N–H and O–H groups in total. The van der Waals surface area contributed by atoms with E-state index in [9.17, 15) is 9.59 Å². The lowest BCUT2D eigenvalue weighted by Crippen LogP contribution is -2.35. The van der Waals surface area contributed by atoms with Gasteiger partial charge >= 0.3 is 5.63 Å². The number of hydrogen-bond donors (Lipinski definition) is 0.